The van der Waals surface area contributed by atoms with Gasteiger partial charge >= 0.3 is 0 Å². The SMILES string of the molecule is Cc1c(Br)c(C)n(C(C)C)c(=O)c1CN. The Morgan fingerprint density at radius 3 is 2.33 bits per heavy atom. The third-order valence-corrected chi connectivity index (χ3v) is 3.83. The molecular formula is C11H17BrN2O. The fourth-order valence-corrected chi connectivity index (χ4v) is 2.26. The Labute approximate surface area is 98.4 Å². The highest BCUT2D eigenvalue weighted by molar-refractivity contribution is 9.10. The molecule has 0 aromatic carbocycles. The van der Waals surface area contributed by atoms with E-state index in [1.54, 1.807) is 4.57 Å². The number of nitrogens with zero attached hydrogens (tertiary/aromatic N) is 1. The first-order valence-electron chi connectivity index (χ1n) is 5.02. The third-order valence-electron chi connectivity index (χ3n) is 2.66. The quantitative estimate of drug-likeness (QED) is 0.898. The summed E-state index contributed by atoms with van der Waals surface area (Å²) in [5.74, 6) is 0. The van der Waals surface area contributed by atoms with Crippen LogP contribution in [0.5, 0.6) is 0 Å². The van der Waals surface area contributed by atoms with Crippen molar-refractivity contribution < 1.29 is 0 Å². The minimum Gasteiger partial charge on any atom is -0.326 e. The Hall–Kier alpha value is -0.610. The van der Waals surface area contributed by atoms with E-state index in [0.29, 0.717) is 5.56 Å². The largest absolute Gasteiger partial charge is 0.326 e. The van der Waals surface area contributed by atoms with Crippen molar-refractivity contribution in [1.82, 2.24) is 4.57 Å². The fourth-order valence-electron chi connectivity index (χ4n) is 1.83. The maximum atomic E-state index is 12.1. The van der Waals surface area contributed by atoms with Crippen LogP contribution in [0.15, 0.2) is 9.27 Å². The van der Waals surface area contributed by atoms with Gasteiger partial charge in [-0.1, -0.05) is 0 Å². The topological polar surface area (TPSA) is 48.0 Å². The predicted molar refractivity (Wildman–Crippen MR) is 66.2 cm³/mol. The Balaban J connectivity index is 3.69. The second-order valence-corrected chi connectivity index (χ2v) is 4.77. The van der Waals surface area contributed by atoms with E-state index in [0.717, 1.165) is 15.7 Å². The molecule has 15 heavy (non-hydrogen) atoms. The number of pyridine rings is 1. The van der Waals surface area contributed by atoms with Crippen LogP contribution in [-0.2, 0) is 6.54 Å². The van der Waals surface area contributed by atoms with Gasteiger partial charge in [-0.15, -0.1) is 0 Å². The van der Waals surface area contributed by atoms with Gasteiger partial charge < -0.3 is 10.3 Å². The summed E-state index contributed by atoms with van der Waals surface area (Å²) in [6.45, 7) is 8.15. The molecule has 84 valence electrons. The lowest BCUT2D eigenvalue weighted by atomic mass is 10.1. The Bertz CT molecular complexity index is 435. The Morgan fingerprint density at radius 2 is 1.93 bits per heavy atom. The van der Waals surface area contributed by atoms with Gasteiger partial charge in [0.15, 0.2) is 0 Å². The van der Waals surface area contributed by atoms with E-state index in [1.807, 2.05) is 27.7 Å². The monoisotopic (exact) mass is 272 g/mol. The molecule has 1 heterocycles. The molecule has 0 spiro atoms. The van der Waals surface area contributed by atoms with Crippen molar-refractivity contribution >= 4 is 15.9 Å². The minimum atomic E-state index is 0.0331. The van der Waals surface area contributed by atoms with Gasteiger partial charge in [0.25, 0.3) is 5.56 Å². The molecule has 0 amide bonds. The second-order valence-electron chi connectivity index (χ2n) is 3.98. The lowest BCUT2D eigenvalue weighted by molar-refractivity contribution is 0.554. The van der Waals surface area contributed by atoms with E-state index in [1.165, 1.54) is 0 Å². The summed E-state index contributed by atoms with van der Waals surface area (Å²) in [4.78, 5) is 12.1. The molecule has 4 heteroatoms. The summed E-state index contributed by atoms with van der Waals surface area (Å²) in [6.07, 6.45) is 0. The van der Waals surface area contributed by atoms with Crippen LogP contribution in [0.2, 0.25) is 0 Å². The van der Waals surface area contributed by atoms with Gasteiger partial charge in [-0.3, -0.25) is 4.79 Å². The van der Waals surface area contributed by atoms with Crippen molar-refractivity contribution in [3.8, 4) is 0 Å². The molecule has 2 N–H and O–H groups in total. The number of nitrogens with two attached hydrogens (primary N) is 1. The summed E-state index contributed by atoms with van der Waals surface area (Å²) in [5, 5.41) is 0. The molecule has 0 saturated carbocycles. The van der Waals surface area contributed by atoms with E-state index < -0.39 is 0 Å². The number of hydrogen-bond acceptors (Lipinski definition) is 2. The lowest BCUT2D eigenvalue weighted by Crippen LogP contribution is -2.30. The average Bonchev–Trinajstić information content (AvgIpc) is 2.15. The van der Waals surface area contributed by atoms with Gasteiger partial charge in [0.2, 0.25) is 0 Å². The van der Waals surface area contributed by atoms with Crippen LogP contribution in [-0.4, -0.2) is 4.57 Å². The smallest absolute Gasteiger partial charge is 0.255 e. The van der Waals surface area contributed by atoms with Crippen molar-refractivity contribution in [1.29, 1.82) is 0 Å². The van der Waals surface area contributed by atoms with Crippen molar-refractivity contribution in [3.63, 3.8) is 0 Å². The van der Waals surface area contributed by atoms with E-state index in [4.69, 9.17) is 5.73 Å². The maximum Gasteiger partial charge on any atom is 0.255 e. The highest BCUT2D eigenvalue weighted by atomic mass is 79.9. The molecule has 1 aromatic rings. The minimum absolute atomic E-state index is 0.0331. The zero-order valence-corrected chi connectivity index (χ0v) is 11.2. The first-order chi connectivity index (χ1) is 6.91. The number of rotatable bonds is 2. The molecule has 0 unspecified atom stereocenters. The van der Waals surface area contributed by atoms with Gasteiger partial charge in [-0.25, -0.2) is 0 Å². The molecule has 1 aromatic heterocycles. The molecule has 0 aliphatic carbocycles. The van der Waals surface area contributed by atoms with Crippen molar-refractivity contribution in [2.45, 2.75) is 40.3 Å². The van der Waals surface area contributed by atoms with E-state index in [9.17, 15) is 4.79 Å². The summed E-state index contributed by atoms with van der Waals surface area (Å²) in [6, 6.07) is 0.152. The van der Waals surface area contributed by atoms with Crippen molar-refractivity contribution in [2.24, 2.45) is 5.73 Å². The highest BCUT2D eigenvalue weighted by Gasteiger charge is 2.15. The van der Waals surface area contributed by atoms with Crippen molar-refractivity contribution in [3.05, 3.63) is 31.6 Å². The van der Waals surface area contributed by atoms with Crippen LogP contribution in [0.25, 0.3) is 0 Å². The predicted octanol–water partition coefficient (Wildman–Crippen LogP) is 2.27. The van der Waals surface area contributed by atoms with Crippen LogP contribution >= 0.6 is 15.9 Å². The first kappa shape index (κ1) is 12.5. The average molecular weight is 273 g/mol. The highest BCUT2D eigenvalue weighted by Crippen LogP contribution is 2.23. The Kier molecular flexibility index (Phi) is 3.73. The third kappa shape index (κ3) is 2.01. The Morgan fingerprint density at radius 1 is 1.40 bits per heavy atom. The molecule has 0 radical (unpaired) electrons. The van der Waals surface area contributed by atoms with E-state index in [-0.39, 0.29) is 18.1 Å². The molecule has 0 fully saturated rings. The molecule has 0 saturated heterocycles. The molecule has 1 rings (SSSR count). The normalized spacial score (nSPS) is 11.1. The molecule has 0 aliphatic rings. The molecule has 3 nitrogen and oxygen atoms in total. The van der Waals surface area contributed by atoms with Crippen LogP contribution in [0.4, 0.5) is 0 Å². The van der Waals surface area contributed by atoms with Crippen LogP contribution < -0.4 is 11.3 Å². The fraction of sp³-hybridized carbons (Fsp3) is 0.545. The molecular weight excluding hydrogens is 256 g/mol. The van der Waals surface area contributed by atoms with Crippen LogP contribution in [0.3, 0.4) is 0 Å². The number of aromatic nitrogens is 1. The maximum absolute atomic E-state index is 12.1. The van der Waals surface area contributed by atoms with E-state index >= 15 is 0 Å². The van der Waals surface area contributed by atoms with Gasteiger partial charge in [0, 0.05) is 28.3 Å². The molecule has 0 atom stereocenters. The zero-order valence-electron chi connectivity index (χ0n) is 9.60. The van der Waals surface area contributed by atoms with Gasteiger partial charge in [-0.2, -0.15) is 0 Å². The van der Waals surface area contributed by atoms with Gasteiger partial charge in [-0.05, 0) is 49.2 Å². The van der Waals surface area contributed by atoms with Crippen LogP contribution in [0, 0.1) is 13.8 Å². The summed E-state index contributed by atoms with van der Waals surface area (Å²) in [7, 11) is 0. The standard InChI is InChI=1S/C11H17BrN2O/c1-6(2)14-8(4)10(12)7(3)9(5-13)11(14)15/h6H,5,13H2,1-4H3. The number of hydrogen-bond donors (Lipinski definition) is 1. The molecule has 0 bridgehead atoms. The van der Waals surface area contributed by atoms with E-state index in [2.05, 4.69) is 15.9 Å². The molecule has 0 aliphatic heterocycles. The van der Waals surface area contributed by atoms with Crippen molar-refractivity contribution in [2.75, 3.05) is 0 Å². The van der Waals surface area contributed by atoms with Crippen LogP contribution in [0.1, 0.15) is 36.7 Å². The van der Waals surface area contributed by atoms with Gasteiger partial charge in [0.05, 0.1) is 0 Å². The van der Waals surface area contributed by atoms with Gasteiger partial charge in [0.1, 0.15) is 0 Å². The summed E-state index contributed by atoms with van der Waals surface area (Å²) >= 11 is 3.51. The second kappa shape index (κ2) is 4.49. The first-order valence-corrected chi connectivity index (χ1v) is 5.81. The summed E-state index contributed by atoms with van der Waals surface area (Å²) in [5.41, 5.74) is 8.25. The lowest BCUT2D eigenvalue weighted by Gasteiger charge is -2.19. The number of halogens is 1. The zero-order chi connectivity index (χ0) is 11.7. The summed E-state index contributed by atoms with van der Waals surface area (Å²) < 4.78 is 2.76.